The van der Waals surface area contributed by atoms with E-state index in [1.54, 1.807) is 6.92 Å². The minimum Gasteiger partial charge on any atom is -0.461 e. The minimum absolute atomic E-state index is 0.0795. The van der Waals surface area contributed by atoms with Crippen LogP contribution in [0.1, 0.15) is 20.3 Å². The summed E-state index contributed by atoms with van der Waals surface area (Å²) in [5.41, 5.74) is -0.326. The van der Waals surface area contributed by atoms with Crippen LogP contribution in [0.3, 0.4) is 0 Å². The van der Waals surface area contributed by atoms with Gasteiger partial charge in [-0.3, -0.25) is 4.79 Å². The van der Waals surface area contributed by atoms with Gasteiger partial charge in [0, 0.05) is 13.3 Å². The molecule has 6 heteroatoms. The van der Waals surface area contributed by atoms with Crippen LogP contribution in [0.4, 0.5) is 0 Å². The van der Waals surface area contributed by atoms with Crippen molar-refractivity contribution in [3.63, 3.8) is 0 Å². The van der Waals surface area contributed by atoms with Gasteiger partial charge in [0.05, 0.1) is 12.0 Å². The van der Waals surface area contributed by atoms with E-state index in [1.807, 2.05) is 0 Å². The Hall–Kier alpha value is -1.10. The number of esters is 1. The van der Waals surface area contributed by atoms with Gasteiger partial charge in [-0.15, -0.1) is 11.6 Å². The number of carbonyl (C=O) groups excluding carboxylic acids is 2. The van der Waals surface area contributed by atoms with Crippen LogP contribution in [-0.4, -0.2) is 35.6 Å². The number of hydrogen-bond acceptors (Lipinski definition) is 5. The van der Waals surface area contributed by atoms with Crippen molar-refractivity contribution in [2.45, 2.75) is 31.7 Å². The van der Waals surface area contributed by atoms with Crippen LogP contribution in [-0.2, 0) is 19.2 Å². The first-order chi connectivity index (χ1) is 7.06. The molecule has 0 aromatic heterocycles. The van der Waals surface area contributed by atoms with E-state index < -0.39 is 11.8 Å². The maximum absolute atomic E-state index is 11.2. The summed E-state index contributed by atoms with van der Waals surface area (Å²) < 4.78 is 4.64. The molecule has 0 N–H and O–H groups in total. The van der Waals surface area contributed by atoms with Gasteiger partial charge in [-0.25, -0.2) is 4.79 Å². The third-order valence-electron chi connectivity index (χ3n) is 1.74. The molecule has 15 heavy (non-hydrogen) atoms. The second-order valence-electron chi connectivity index (χ2n) is 3.11. The Bertz CT molecular complexity index is 302. The first-order valence-electron chi connectivity index (χ1n) is 4.62. The van der Waals surface area contributed by atoms with Gasteiger partial charge < -0.3 is 9.57 Å². The number of nitrogens with zero attached hydrogens (tertiary/aromatic N) is 1. The van der Waals surface area contributed by atoms with Crippen LogP contribution in [0.25, 0.3) is 0 Å². The summed E-state index contributed by atoms with van der Waals surface area (Å²) in [5.74, 6) is -1.25. The zero-order valence-corrected chi connectivity index (χ0v) is 9.28. The van der Waals surface area contributed by atoms with Crippen molar-refractivity contribution in [3.05, 3.63) is 0 Å². The summed E-state index contributed by atoms with van der Waals surface area (Å²) in [6.45, 7) is 3.06. The molecule has 0 radical (unpaired) electrons. The molecular weight excluding hydrogens is 222 g/mol. The standard InChI is InChI=1S/C9H12ClNO4/c1-3-14-9(13)8(5(2)12)11-15-7-4-6(7)10/h6-7H,3-4H2,1-2H3. The number of ketones is 1. The van der Waals surface area contributed by atoms with E-state index in [0.717, 1.165) is 0 Å². The number of Topliss-reactive ketones (excluding diaryl/α,β-unsaturated/α-hetero) is 1. The predicted octanol–water partition coefficient (Wildman–Crippen LogP) is 0.891. The molecule has 84 valence electrons. The summed E-state index contributed by atoms with van der Waals surface area (Å²) in [6, 6.07) is 0. The van der Waals surface area contributed by atoms with Crippen molar-refractivity contribution in [3.8, 4) is 0 Å². The Morgan fingerprint density at radius 3 is 2.53 bits per heavy atom. The SMILES string of the molecule is CCOC(=O)C(=NOC1CC1Cl)C(C)=O. The van der Waals surface area contributed by atoms with Crippen LogP contribution in [0, 0.1) is 0 Å². The molecule has 0 saturated heterocycles. The molecule has 1 fully saturated rings. The van der Waals surface area contributed by atoms with Gasteiger partial charge in [0.15, 0.2) is 5.78 Å². The molecule has 1 saturated carbocycles. The molecule has 1 aliphatic rings. The van der Waals surface area contributed by atoms with E-state index in [4.69, 9.17) is 16.4 Å². The summed E-state index contributed by atoms with van der Waals surface area (Å²) in [5, 5.41) is 3.38. The van der Waals surface area contributed by atoms with Crippen molar-refractivity contribution in [1.29, 1.82) is 0 Å². The summed E-state index contributed by atoms with van der Waals surface area (Å²) in [4.78, 5) is 27.1. The first-order valence-corrected chi connectivity index (χ1v) is 5.05. The molecule has 2 unspecified atom stereocenters. The van der Waals surface area contributed by atoms with Crippen LogP contribution in [0.2, 0.25) is 0 Å². The first kappa shape index (κ1) is 12.0. The maximum Gasteiger partial charge on any atom is 0.364 e. The second-order valence-corrected chi connectivity index (χ2v) is 3.67. The molecule has 0 amide bonds. The highest BCUT2D eigenvalue weighted by Gasteiger charge is 2.38. The van der Waals surface area contributed by atoms with Crippen LogP contribution in [0.15, 0.2) is 5.16 Å². The number of halogens is 1. The van der Waals surface area contributed by atoms with Gasteiger partial charge in [0.25, 0.3) is 0 Å². The van der Waals surface area contributed by atoms with Crippen LogP contribution < -0.4 is 0 Å². The molecule has 0 aromatic carbocycles. The molecule has 1 aliphatic carbocycles. The Labute approximate surface area is 92.4 Å². The quantitative estimate of drug-likeness (QED) is 0.233. The van der Waals surface area contributed by atoms with E-state index in [-0.39, 0.29) is 23.8 Å². The second kappa shape index (κ2) is 5.11. The fourth-order valence-corrected chi connectivity index (χ4v) is 1.04. The lowest BCUT2D eigenvalue weighted by Crippen LogP contribution is -2.25. The lowest BCUT2D eigenvalue weighted by molar-refractivity contribution is -0.136. The van der Waals surface area contributed by atoms with Gasteiger partial charge in [-0.1, -0.05) is 5.16 Å². The van der Waals surface area contributed by atoms with Crippen LogP contribution in [0.5, 0.6) is 0 Å². The van der Waals surface area contributed by atoms with Gasteiger partial charge in [0.1, 0.15) is 6.10 Å². The zero-order valence-electron chi connectivity index (χ0n) is 8.53. The van der Waals surface area contributed by atoms with E-state index in [0.29, 0.717) is 6.42 Å². The monoisotopic (exact) mass is 233 g/mol. The molecule has 0 spiro atoms. The number of oxime groups is 1. The van der Waals surface area contributed by atoms with E-state index in [2.05, 4.69) is 9.89 Å². The Morgan fingerprint density at radius 1 is 1.53 bits per heavy atom. The number of ether oxygens (including phenoxy) is 1. The smallest absolute Gasteiger partial charge is 0.364 e. The van der Waals surface area contributed by atoms with E-state index in [1.165, 1.54) is 6.92 Å². The van der Waals surface area contributed by atoms with Crippen molar-refractivity contribution >= 4 is 29.1 Å². The number of rotatable bonds is 5. The normalized spacial score (nSPS) is 24.6. The summed E-state index contributed by atoms with van der Waals surface area (Å²) >= 11 is 5.66. The Balaban J connectivity index is 2.56. The van der Waals surface area contributed by atoms with Crippen molar-refractivity contribution < 1.29 is 19.2 Å². The lowest BCUT2D eigenvalue weighted by Gasteiger charge is -2.02. The predicted molar refractivity (Wildman–Crippen MR) is 53.9 cm³/mol. The third kappa shape index (κ3) is 3.51. The number of carbonyl (C=O) groups is 2. The molecule has 5 nitrogen and oxygen atoms in total. The highest BCUT2D eigenvalue weighted by atomic mass is 35.5. The van der Waals surface area contributed by atoms with Gasteiger partial charge in [0.2, 0.25) is 5.71 Å². The van der Waals surface area contributed by atoms with Crippen LogP contribution >= 0.6 is 11.6 Å². The van der Waals surface area contributed by atoms with Gasteiger partial charge in [-0.05, 0) is 6.92 Å². The topological polar surface area (TPSA) is 65.0 Å². The third-order valence-corrected chi connectivity index (χ3v) is 2.20. The summed E-state index contributed by atoms with van der Waals surface area (Å²) in [6.07, 6.45) is 0.481. The fourth-order valence-electron chi connectivity index (χ4n) is 0.818. The van der Waals surface area contributed by atoms with Crippen molar-refractivity contribution in [2.24, 2.45) is 5.16 Å². The molecule has 0 aromatic rings. The average Bonchev–Trinajstić information content (AvgIpc) is 2.82. The van der Waals surface area contributed by atoms with Crippen molar-refractivity contribution in [2.75, 3.05) is 6.61 Å². The molecule has 0 bridgehead atoms. The van der Waals surface area contributed by atoms with Gasteiger partial charge in [-0.2, -0.15) is 0 Å². The van der Waals surface area contributed by atoms with E-state index in [9.17, 15) is 9.59 Å². The molecule has 1 rings (SSSR count). The average molecular weight is 234 g/mol. The molecule has 0 aliphatic heterocycles. The maximum atomic E-state index is 11.2. The number of hydrogen-bond donors (Lipinski definition) is 0. The Morgan fingerprint density at radius 2 is 2.13 bits per heavy atom. The largest absolute Gasteiger partial charge is 0.461 e. The summed E-state index contributed by atoms with van der Waals surface area (Å²) in [7, 11) is 0. The minimum atomic E-state index is -0.767. The van der Waals surface area contributed by atoms with Crippen molar-refractivity contribution in [1.82, 2.24) is 0 Å². The molecular formula is C9H12ClNO4. The number of alkyl halides is 1. The fraction of sp³-hybridized carbons (Fsp3) is 0.667. The lowest BCUT2D eigenvalue weighted by atomic mass is 10.3. The zero-order chi connectivity index (χ0) is 11.4. The highest BCUT2D eigenvalue weighted by molar-refractivity contribution is 6.63. The van der Waals surface area contributed by atoms with Gasteiger partial charge >= 0.3 is 5.97 Å². The van der Waals surface area contributed by atoms with E-state index >= 15 is 0 Å². The molecule has 0 heterocycles. The highest BCUT2D eigenvalue weighted by Crippen LogP contribution is 2.31. The molecule has 2 atom stereocenters. The Kier molecular flexibility index (Phi) is 4.08.